The summed E-state index contributed by atoms with van der Waals surface area (Å²) in [7, 11) is 0. The van der Waals surface area contributed by atoms with Crippen molar-refractivity contribution in [3.05, 3.63) is 30.1 Å². The van der Waals surface area contributed by atoms with E-state index in [0.29, 0.717) is 0 Å². The number of benzene rings is 1. The number of aromatic nitrogens is 4. The van der Waals surface area contributed by atoms with Gasteiger partial charge >= 0.3 is 0 Å². The van der Waals surface area contributed by atoms with Gasteiger partial charge < -0.3 is 5.32 Å². The molecule has 1 aromatic carbocycles. The first kappa shape index (κ1) is 13.9. The van der Waals surface area contributed by atoms with E-state index in [4.69, 9.17) is 0 Å². The Bertz CT molecular complexity index is 511. The van der Waals surface area contributed by atoms with Crippen LogP contribution in [-0.4, -0.2) is 38.3 Å². The maximum atomic E-state index is 3.97. The summed E-state index contributed by atoms with van der Waals surface area (Å²) in [6.45, 7) is 5.07. The van der Waals surface area contributed by atoms with Crippen molar-refractivity contribution in [2.75, 3.05) is 23.4 Å². The number of hydrogen-bond acceptors (Lipinski definition) is 5. The predicted octanol–water partition coefficient (Wildman–Crippen LogP) is 2.53. The maximum Gasteiger partial charge on any atom is 0.153 e. The lowest BCUT2D eigenvalue weighted by Crippen LogP contribution is -2.04. The highest BCUT2D eigenvalue weighted by atomic mass is 32.2. The quantitative estimate of drug-likeness (QED) is 0.788. The van der Waals surface area contributed by atoms with Crippen LogP contribution >= 0.6 is 11.8 Å². The number of anilines is 1. The lowest BCUT2D eigenvalue weighted by Gasteiger charge is -2.08. The highest BCUT2D eigenvalue weighted by Crippen LogP contribution is 2.14. The third kappa shape index (κ3) is 3.96. The van der Waals surface area contributed by atoms with Crippen molar-refractivity contribution in [2.45, 2.75) is 20.3 Å². The minimum Gasteiger partial charge on any atom is -0.385 e. The van der Waals surface area contributed by atoms with Crippen LogP contribution in [-0.2, 0) is 0 Å². The number of tetrazole rings is 1. The fraction of sp³-hybridized carbons (Fsp3) is 0.462. The largest absolute Gasteiger partial charge is 0.385 e. The molecule has 1 aromatic heterocycles. The van der Waals surface area contributed by atoms with Gasteiger partial charge in [-0.2, -0.15) is 16.4 Å². The molecule has 0 fully saturated rings. The smallest absolute Gasteiger partial charge is 0.153 e. The molecule has 0 spiro atoms. The van der Waals surface area contributed by atoms with E-state index in [1.807, 2.05) is 30.8 Å². The van der Waals surface area contributed by atoms with Gasteiger partial charge in [-0.15, -0.1) is 5.10 Å². The Morgan fingerprint density at radius 3 is 3.00 bits per heavy atom. The van der Waals surface area contributed by atoms with Crippen LogP contribution in [0.3, 0.4) is 0 Å². The SMILES string of the molecule is CCSCCCNc1cccc(-n2nnnc2C)c1. The van der Waals surface area contributed by atoms with Gasteiger partial charge in [0.05, 0.1) is 5.69 Å². The average molecular weight is 277 g/mol. The topological polar surface area (TPSA) is 55.6 Å². The number of rotatable bonds is 7. The van der Waals surface area contributed by atoms with Gasteiger partial charge in [0, 0.05) is 12.2 Å². The fourth-order valence-electron chi connectivity index (χ4n) is 1.77. The summed E-state index contributed by atoms with van der Waals surface area (Å²) in [6.07, 6.45) is 1.17. The van der Waals surface area contributed by atoms with Gasteiger partial charge in [-0.3, -0.25) is 0 Å². The molecule has 0 radical (unpaired) electrons. The second-order valence-corrected chi connectivity index (χ2v) is 5.56. The van der Waals surface area contributed by atoms with Gasteiger partial charge in [0.2, 0.25) is 0 Å². The van der Waals surface area contributed by atoms with Crippen molar-refractivity contribution < 1.29 is 0 Å². The van der Waals surface area contributed by atoms with E-state index in [1.165, 1.54) is 17.9 Å². The van der Waals surface area contributed by atoms with E-state index in [-0.39, 0.29) is 0 Å². The Kier molecular flexibility index (Phi) is 5.20. The molecule has 0 atom stereocenters. The number of hydrogen-bond donors (Lipinski definition) is 1. The third-order valence-electron chi connectivity index (χ3n) is 2.71. The fourth-order valence-corrected chi connectivity index (χ4v) is 2.41. The molecule has 2 aromatic rings. The number of nitrogens with one attached hydrogen (secondary N) is 1. The molecule has 1 N–H and O–H groups in total. The number of nitrogens with zero attached hydrogens (tertiary/aromatic N) is 4. The summed E-state index contributed by atoms with van der Waals surface area (Å²) in [4.78, 5) is 0. The molecule has 102 valence electrons. The number of thioether (sulfide) groups is 1. The van der Waals surface area contributed by atoms with E-state index < -0.39 is 0 Å². The molecule has 0 saturated heterocycles. The van der Waals surface area contributed by atoms with Crippen molar-refractivity contribution in [3.8, 4) is 5.69 Å². The van der Waals surface area contributed by atoms with E-state index in [2.05, 4.69) is 39.9 Å². The summed E-state index contributed by atoms with van der Waals surface area (Å²) in [6, 6.07) is 8.15. The van der Waals surface area contributed by atoms with Gasteiger partial charge in [0.25, 0.3) is 0 Å². The normalized spacial score (nSPS) is 10.6. The molecular formula is C13H19N5S. The Morgan fingerprint density at radius 1 is 1.37 bits per heavy atom. The van der Waals surface area contributed by atoms with E-state index in [1.54, 1.807) is 4.68 Å². The van der Waals surface area contributed by atoms with Crippen LogP contribution in [0.1, 0.15) is 19.2 Å². The summed E-state index contributed by atoms with van der Waals surface area (Å²) < 4.78 is 1.73. The van der Waals surface area contributed by atoms with E-state index in [0.717, 1.165) is 23.7 Å². The van der Waals surface area contributed by atoms with Gasteiger partial charge in [0.15, 0.2) is 5.82 Å². The van der Waals surface area contributed by atoms with Crippen LogP contribution in [0.2, 0.25) is 0 Å². The Labute approximate surface area is 117 Å². The van der Waals surface area contributed by atoms with Crippen LogP contribution in [0.5, 0.6) is 0 Å². The zero-order chi connectivity index (χ0) is 13.5. The second kappa shape index (κ2) is 7.13. The van der Waals surface area contributed by atoms with E-state index >= 15 is 0 Å². The molecule has 0 bridgehead atoms. The van der Waals surface area contributed by atoms with Crippen molar-refractivity contribution in [1.82, 2.24) is 20.2 Å². The Balaban J connectivity index is 1.94. The molecule has 19 heavy (non-hydrogen) atoms. The first-order valence-electron chi connectivity index (χ1n) is 6.48. The summed E-state index contributed by atoms with van der Waals surface area (Å²) in [5.74, 6) is 3.18. The number of aryl methyl sites for hydroxylation is 1. The Morgan fingerprint density at radius 2 is 2.26 bits per heavy atom. The van der Waals surface area contributed by atoms with Crippen LogP contribution in [0.15, 0.2) is 24.3 Å². The second-order valence-electron chi connectivity index (χ2n) is 4.17. The Hall–Kier alpha value is -1.56. The molecule has 0 aliphatic carbocycles. The summed E-state index contributed by atoms with van der Waals surface area (Å²) in [5.41, 5.74) is 2.09. The van der Waals surface area contributed by atoms with Crippen LogP contribution < -0.4 is 5.32 Å². The summed E-state index contributed by atoms with van der Waals surface area (Å²) >= 11 is 1.98. The first-order valence-corrected chi connectivity index (χ1v) is 7.63. The molecule has 0 aliphatic rings. The average Bonchev–Trinajstić information content (AvgIpc) is 2.85. The standard InChI is InChI=1S/C13H19N5S/c1-3-19-9-5-8-14-12-6-4-7-13(10-12)18-11(2)15-16-17-18/h4,6-7,10,14H,3,5,8-9H2,1-2H3. The van der Waals surface area contributed by atoms with Gasteiger partial charge in [-0.1, -0.05) is 13.0 Å². The van der Waals surface area contributed by atoms with Crippen molar-refractivity contribution in [1.29, 1.82) is 0 Å². The monoisotopic (exact) mass is 277 g/mol. The minimum atomic E-state index is 0.788. The zero-order valence-electron chi connectivity index (χ0n) is 11.3. The van der Waals surface area contributed by atoms with Crippen LogP contribution in [0.4, 0.5) is 5.69 Å². The molecule has 0 amide bonds. The molecule has 1 heterocycles. The first-order chi connectivity index (χ1) is 9.31. The third-order valence-corrected chi connectivity index (χ3v) is 3.70. The molecule has 0 saturated carbocycles. The highest BCUT2D eigenvalue weighted by Gasteiger charge is 2.03. The van der Waals surface area contributed by atoms with Crippen LogP contribution in [0.25, 0.3) is 5.69 Å². The zero-order valence-corrected chi connectivity index (χ0v) is 12.2. The minimum absolute atomic E-state index is 0.788. The van der Waals surface area contributed by atoms with Crippen molar-refractivity contribution >= 4 is 17.4 Å². The van der Waals surface area contributed by atoms with Gasteiger partial charge in [-0.25, -0.2) is 0 Å². The lowest BCUT2D eigenvalue weighted by molar-refractivity contribution is 0.779. The van der Waals surface area contributed by atoms with E-state index in [9.17, 15) is 0 Å². The lowest BCUT2D eigenvalue weighted by atomic mass is 10.2. The molecule has 0 aliphatic heterocycles. The van der Waals surface area contributed by atoms with Crippen LogP contribution in [0, 0.1) is 6.92 Å². The predicted molar refractivity (Wildman–Crippen MR) is 80.0 cm³/mol. The van der Waals surface area contributed by atoms with Crippen molar-refractivity contribution in [3.63, 3.8) is 0 Å². The molecule has 0 unspecified atom stereocenters. The van der Waals surface area contributed by atoms with Gasteiger partial charge in [0.1, 0.15) is 0 Å². The molecule has 6 heteroatoms. The molecular weight excluding hydrogens is 258 g/mol. The van der Waals surface area contributed by atoms with Crippen molar-refractivity contribution in [2.24, 2.45) is 0 Å². The summed E-state index contributed by atoms with van der Waals surface area (Å²) in [5, 5.41) is 15.0. The van der Waals surface area contributed by atoms with Gasteiger partial charge in [-0.05, 0) is 53.5 Å². The maximum absolute atomic E-state index is 3.97. The molecule has 2 rings (SSSR count). The molecule has 5 nitrogen and oxygen atoms in total. The highest BCUT2D eigenvalue weighted by molar-refractivity contribution is 7.99.